The van der Waals surface area contributed by atoms with Gasteiger partial charge in [0, 0.05) is 19.2 Å². The van der Waals surface area contributed by atoms with Crippen LogP contribution in [0.15, 0.2) is 10.6 Å². The lowest BCUT2D eigenvalue weighted by Crippen LogP contribution is -2.19. The zero-order chi connectivity index (χ0) is 13.2. The van der Waals surface area contributed by atoms with Gasteiger partial charge in [0.05, 0.1) is 18.9 Å². The van der Waals surface area contributed by atoms with Crippen molar-refractivity contribution in [3.05, 3.63) is 17.5 Å². The smallest absolute Gasteiger partial charge is 0.162 e. The summed E-state index contributed by atoms with van der Waals surface area (Å²) in [6, 6.07) is 1.92. The first-order valence-corrected chi connectivity index (χ1v) is 6.53. The fraction of sp³-hybridized carbons (Fsp3) is 0.769. The van der Waals surface area contributed by atoms with E-state index in [4.69, 9.17) is 14.0 Å². The van der Waals surface area contributed by atoms with E-state index in [1.807, 2.05) is 13.0 Å². The molecule has 0 bridgehead atoms. The highest BCUT2D eigenvalue weighted by atomic mass is 16.5. The van der Waals surface area contributed by atoms with E-state index in [1.165, 1.54) is 0 Å². The molecule has 0 radical (unpaired) electrons. The van der Waals surface area contributed by atoms with E-state index < -0.39 is 0 Å². The van der Waals surface area contributed by atoms with Crippen LogP contribution in [0, 0.1) is 5.92 Å². The Morgan fingerprint density at radius 3 is 2.83 bits per heavy atom. The van der Waals surface area contributed by atoms with E-state index in [1.54, 1.807) is 0 Å². The van der Waals surface area contributed by atoms with E-state index in [9.17, 15) is 0 Å². The summed E-state index contributed by atoms with van der Waals surface area (Å²) in [6.45, 7) is 10.4. The number of hydrogen-bond donors (Lipinski definition) is 1. The van der Waals surface area contributed by atoms with Crippen molar-refractivity contribution < 1.29 is 14.0 Å². The number of nitrogens with zero attached hydrogens (tertiary/aromatic N) is 1. The van der Waals surface area contributed by atoms with Gasteiger partial charge in [0.1, 0.15) is 6.61 Å². The topological polar surface area (TPSA) is 56.5 Å². The third-order valence-electron chi connectivity index (χ3n) is 2.29. The molecule has 0 aromatic carbocycles. The second-order valence-electron chi connectivity index (χ2n) is 4.56. The summed E-state index contributed by atoms with van der Waals surface area (Å²) < 4.78 is 15.7. The highest BCUT2D eigenvalue weighted by Gasteiger charge is 2.04. The van der Waals surface area contributed by atoms with Gasteiger partial charge in [0.25, 0.3) is 0 Å². The van der Waals surface area contributed by atoms with Gasteiger partial charge >= 0.3 is 0 Å². The Bertz CT molecular complexity index is 313. The van der Waals surface area contributed by atoms with Crippen LogP contribution < -0.4 is 5.32 Å². The molecule has 0 amide bonds. The van der Waals surface area contributed by atoms with Crippen LogP contribution in [0.5, 0.6) is 0 Å². The van der Waals surface area contributed by atoms with Crippen LogP contribution in [0.2, 0.25) is 0 Å². The Balaban J connectivity index is 2.13. The summed E-state index contributed by atoms with van der Waals surface area (Å²) in [5.41, 5.74) is 0.916. The lowest BCUT2D eigenvalue weighted by atomic mass is 10.2. The highest BCUT2D eigenvalue weighted by Crippen LogP contribution is 2.05. The largest absolute Gasteiger partial charge is 0.379 e. The van der Waals surface area contributed by atoms with E-state index in [2.05, 4.69) is 24.3 Å². The van der Waals surface area contributed by atoms with Gasteiger partial charge in [-0.3, -0.25) is 0 Å². The molecule has 18 heavy (non-hydrogen) atoms. The van der Waals surface area contributed by atoms with E-state index in [0.717, 1.165) is 31.2 Å². The average Bonchev–Trinajstić information content (AvgIpc) is 2.76. The lowest BCUT2D eigenvalue weighted by Gasteiger charge is -2.04. The van der Waals surface area contributed by atoms with Gasteiger partial charge in [0.15, 0.2) is 5.76 Å². The zero-order valence-corrected chi connectivity index (χ0v) is 11.6. The van der Waals surface area contributed by atoms with Gasteiger partial charge in [-0.1, -0.05) is 19.0 Å². The molecule has 0 unspecified atom stereocenters. The normalized spacial score (nSPS) is 11.3. The average molecular weight is 256 g/mol. The minimum atomic E-state index is 0.449. The summed E-state index contributed by atoms with van der Waals surface area (Å²) >= 11 is 0. The molecule has 1 aromatic rings. The molecular weight excluding hydrogens is 232 g/mol. The van der Waals surface area contributed by atoms with Gasteiger partial charge in [-0.2, -0.15) is 0 Å². The monoisotopic (exact) mass is 256 g/mol. The maximum atomic E-state index is 5.40. The van der Waals surface area contributed by atoms with Crippen molar-refractivity contribution in [1.29, 1.82) is 0 Å². The summed E-state index contributed by atoms with van der Waals surface area (Å²) in [4.78, 5) is 0. The Morgan fingerprint density at radius 1 is 1.33 bits per heavy atom. The molecule has 1 rings (SSSR count). The van der Waals surface area contributed by atoms with Crippen LogP contribution >= 0.6 is 0 Å². The number of ether oxygens (including phenoxy) is 2. The van der Waals surface area contributed by atoms with Gasteiger partial charge in [0.2, 0.25) is 0 Å². The van der Waals surface area contributed by atoms with Crippen LogP contribution in [-0.4, -0.2) is 31.5 Å². The molecule has 0 saturated carbocycles. The van der Waals surface area contributed by atoms with Gasteiger partial charge < -0.3 is 19.3 Å². The third kappa shape index (κ3) is 6.74. The third-order valence-corrected chi connectivity index (χ3v) is 2.29. The minimum Gasteiger partial charge on any atom is -0.379 e. The van der Waals surface area contributed by atoms with Gasteiger partial charge in [-0.25, -0.2) is 0 Å². The van der Waals surface area contributed by atoms with Crippen LogP contribution in [0.4, 0.5) is 0 Å². The summed E-state index contributed by atoms with van der Waals surface area (Å²) in [5.74, 6) is 1.39. The maximum Gasteiger partial charge on any atom is 0.162 e. The summed E-state index contributed by atoms with van der Waals surface area (Å²) in [5, 5.41) is 7.29. The molecule has 0 aliphatic rings. The lowest BCUT2D eigenvalue weighted by molar-refractivity contribution is 0.0372. The molecule has 5 heteroatoms. The van der Waals surface area contributed by atoms with Crippen molar-refractivity contribution >= 4 is 0 Å². The molecular formula is C13H24N2O3. The zero-order valence-electron chi connectivity index (χ0n) is 11.6. The molecule has 1 N–H and O–H groups in total. The molecule has 1 aromatic heterocycles. The van der Waals surface area contributed by atoms with E-state index in [-0.39, 0.29) is 0 Å². The van der Waals surface area contributed by atoms with E-state index >= 15 is 0 Å². The van der Waals surface area contributed by atoms with Crippen LogP contribution in [0.1, 0.15) is 32.2 Å². The molecule has 0 fully saturated rings. The van der Waals surface area contributed by atoms with Crippen LogP contribution in [0.25, 0.3) is 0 Å². The highest BCUT2D eigenvalue weighted by molar-refractivity contribution is 5.04. The molecule has 0 atom stereocenters. The van der Waals surface area contributed by atoms with Crippen molar-refractivity contribution in [2.24, 2.45) is 5.92 Å². The second-order valence-corrected chi connectivity index (χ2v) is 4.56. The van der Waals surface area contributed by atoms with Crippen molar-refractivity contribution in [2.75, 3.05) is 26.4 Å². The molecule has 0 aliphatic carbocycles. The fourth-order valence-electron chi connectivity index (χ4n) is 1.43. The Kier molecular flexibility index (Phi) is 7.64. The van der Waals surface area contributed by atoms with Gasteiger partial charge in [-0.05, 0) is 19.4 Å². The Morgan fingerprint density at radius 2 is 2.11 bits per heavy atom. The number of nitrogens with one attached hydrogen (secondary N) is 1. The molecule has 104 valence electrons. The van der Waals surface area contributed by atoms with Crippen molar-refractivity contribution in [1.82, 2.24) is 10.5 Å². The van der Waals surface area contributed by atoms with Crippen LogP contribution in [-0.2, 0) is 22.6 Å². The SMILES string of the molecule is CCOCCOCc1cc(CNCC(C)C)no1. The number of aromatic nitrogens is 1. The van der Waals surface area contributed by atoms with Gasteiger partial charge in [-0.15, -0.1) is 0 Å². The fourth-order valence-corrected chi connectivity index (χ4v) is 1.43. The molecule has 5 nitrogen and oxygen atoms in total. The Hall–Kier alpha value is -0.910. The predicted molar refractivity (Wildman–Crippen MR) is 69.2 cm³/mol. The Labute approximate surface area is 109 Å². The van der Waals surface area contributed by atoms with Crippen LogP contribution in [0.3, 0.4) is 0 Å². The summed E-state index contributed by atoms with van der Waals surface area (Å²) in [7, 11) is 0. The maximum absolute atomic E-state index is 5.40. The van der Waals surface area contributed by atoms with E-state index in [0.29, 0.717) is 25.7 Å². The first kappa shape index (κ1) is 15.1. The van der Waals surface area contributed by atoms with Crippen molar-refractivity contribution in [3.8, 4) is 0 Å². The first-order chi connectivity index (χ1) is 8.72. The molecule has 1 heterocycles. The molecule has 0 spiro atoms. The van der Waals surface area contributed by atoms with Crippen molar-refractivity contribution in [3.63, 3.8) is 0 Å². The second kappa shape index (κ2) is 9.08. The number of rotatable bonds is 10. The number of hydrogen-bond acceptors (Lipinski definition) is 5. The summed E-state index contributed by atoms with van der Waals surface area (Å²) in [6.07, 6.45) is 0. The minimum absolute atomic E-state index is 0.449. The standard InChI is InChI=1S/C13H24N2O3/c1-4-16-5-6-17-10-13-7-12(15-18-13)9-14-8-11(2)3/h7,11,14H,4-6,8-10H2,1-3H3. The van der Waals surface area contributed by atoms with Crippen molar-refractivity contribution in [2.45, 2.75) is 33.9 Å². The predicted octanol–water partition coefficient (Wildman–Crippen LogP) is 1.97. The molecule has 0 saturated heterocycles. The first-order valence-electron chi connectivity index (χ1n) is 6.53. The quantitative estimate of drug-likeness (QED) is 0.649. The molecule has 0 aliphatic heterocycles.